The van der Waals surface area contributed by atoms with Crippen LogP contribution in [0.5, 0.6) is 0 Å². The van der Waals surface area contributed by atoms with E-state index < -0.39 is 0 Å². The quantitative estimate of drug-likeness (QED) is 0.231. The molecule has 0 aromatic heterocycles. The lowest BCUT2D eigenvalue weighted by Crippen LogP contribution is -2.38. The fraction of sp³-hybridized carbons (Fsp3) is 0.938. The van der Waals surface area contributed by atoms with Crippen LogP contribution in [-0.2, 0) is 9.47 Å². The van der Waals surface area contributed by atoms with Crippen molar-refractivity contribution in [2.24, 2.45) is 4.99 Å². The third-order valence-electron chi connectivity index (χ3n) is 3.49. The lowest BCUT2D eigenvalue weighted by atomic mass is 10.2. The number of hydrogen-bond donors (Lipinski definition) is 2. The maximum Gasteiger partial charge on any atom is 0.191 e. The number of unbranched alkanes of at least 4 members (excludes halogenated alkanes) is 1. The summed E-state index contributed by atoms with van der Waals surface area (Å²) in [7, 11) is 0. The fourth-order valence-corrected chi connectivity index (χ4v) is 2.27. The summed E-state index contributed by atoms with van der Waals surface area (Å²) in [6.45, 7) is 9.49. The van der Waals surface area contributed by atoms with Crippen molar-refractivity contribution in [3.8, 4) is 0 Å². The van der Waals surface area contributed by atoms with Crippen molar-refractivity contribution in [2.75, 3.05) is 39.5 Å². The van der Waals surface area contributed by atoms with Crippen LogP contribution >= 0.6 is 24.0 Å². The number of aliphatic imine (C=N–C) groups is 1. The topological polar surface area (TPSA) is 54.9 Å². The molecule has 6 heteroatoms. The Hall–Kier alpha value is -0.0800. The lowest BCUT2D eigenvalue weighted by Gasteiger charge is -2.13. The van der Waals surface area contributed by atoms with Crippen LogP contribution < -0.4 is 10.6 Å². The van der Waals surface area contributed by atoms with Crippen molar-refractivity contribution in [1.29, 1.82) is 0 Å². The molecule has 1 rings (SSSR count). The minimum atomic E-state index is 0. The van der Waals surface area contributed by atoms with Gasteiger partial charge in [0.1, 0.15) is 0 Å². The molecule has 2 N–H and O–H groups in total. The van der Waals surface area contributed by atoms with Crippen LogP contribution in [0.1, 0.15) is 52.4 Å². The molecule has 22 heavy (non-hydrogen) atoms. The molecule has 1 saturated heterocycles. The normalized spacial score (nSPS) is 18.1. The molecule has 0 aromatic rings. The van der Waals surface area contributed by atoms with E-state index in [1.165, 1.54) is 19.3 Å². The van der Waals surface area contributed by atoms with Crippen LogP contribution in [0.4, 0.5) is 0 Å². The summed E-state index contributed by atoms with van der Waals surface area (Å²) in [5, 5.41) is 6.65. The van der Waals surface area contributed by atoms with Gasteiger partial charge in [-0.15, -0.1) is 24.0 Å². The monoisotopic (exact) mass is 427 g/mol. The molecule has 1 aliphatic heterocycles. The van der Waals surface area contributed by atoms with Crippen molar-refractivity contribution in [1.82, 2.24) is 10.6 Å². The minimum Gasteiger partial charge on any atom is -0.381 e. The Morgan fingerprint density at radius 2 is 2.05 bits per heavy atom. The largest absolute Gasteiger partial charge is 0.381 e. The smallest absolute Gasteiger partial charge is 0.191 e. The minimum absolute atomic E-state index is 0. The van der Waals surface area contributed by atoms with Crippen molar-refractivity contribution in [2.45, 2.75) is 58.5 Å². The Labute approximate surface area is 153 Å². The molecule has 132 valence electrons. The second kappa shape index (κ2) is 15.8. The second-order valence-electron chi connectivity index (χ2n) is 5.43. The first-order valence-electron chi connectivity index (χ1n) is 8.58. The molecule has 0 saturated carbocycles. The van der Waals surface area contributed by atoms with Gasteiger partial charge < -0.3 is 20.1 Å². The molecule has 0 spiro atoms. The Morgan fingerprint density at radius 1 is 1.23 bits per heavy atom. The molecule has 0 bridgehead atoms. The summed E-state index contributed by atoms with van der Waals surface area (Å²) in [4.78, 5) is 4.57. The number of halogens is 1. The van der Waals surface area contributed by atoms with E-state index in [0.29, 0.717) is 6.10 Å². The molecule has 1 aliphatic rings. The molecule has 0 radical (unpaired) electrons. The first-order valence-corrected chi connectivity index (χ1v) is 8.58. The van der Waals surface area contributed by atoms with Gasteiger partial charge in [0.25, 0.3) is 0 Å². The van der Waals surface area contributed by atoms with E-state index in [1.54, 1.807) is 0 Å². The van der Waals surface area contributed by atoms with Crippen LogP contribution in [0.15, 0.2) is 4.99 Å². The van der Waals surface area contributed by atoms with Gasteiger partial charge in [-0.2, -0.15) is 0 Å². The molecular weight excluding hydrogens is 393 g/mol. The van der Waals surface area contributed by atoms with E-state index in [-0.39, 0.29) is 24.0 Å². The molecule has 1 unspecified atom stereocenters. The SMILES string of the molecule is CCCCOCCCN=C(NCC)NCCC1CCCO1.I. The summed E-state index contributed by atoms with van der Waals surface area (Å²) in [6, 6.07) is 0. The van der Waals surface area contributed by atoms with Gasteiger partial charge in [0.15, 0.2) is 5.96 Å². The van der Waals surface area contributed by atoms with E-state index in [0.717, 1.165) is 64.7 Å². The van der Waals surface area contributed by atoms with Crippen LogP contribution in [0.25, 0.3) is 0 Å². The van der Waals surface area contributed by atoms with Gasteiger partial charge in [0, 0.05) is 39.5 Å². The zero-order valence-corrected chi connectivity index (χ0v) is 16.6. The molecule has 5 nitrogen and oxygen atoms in total. The summed E-state index contributed by atoms with van der Waals surface area (Å²) >= 11 is 0. The van der Waals surface area contributed by atoms with E-state index in [1.807, 2.05) is 0 Å². The van der Waals surface area contributed by atoms with Gasteiger partial charge >= 0.3 is 0 Å². The second-order valence-corrected chi connectivity index (χ2v) is 5.43. The summed E-state index contributed by atoms with van der Waals surface area (Å²) in [5.41, 5.74) is 0. The van der Waals surface area contributed by atoms with Crippen LogP contribution in [0.3, 0.4) is 0 Å². The number of rotatable bonds is 11. The van der Waals surface area contributed by atoms with Gasteiger partial charge in [-0.05, 0) is 39.0 Å². The van der Waals surface area contributed by atoms with Gasteiger partial charge in [0.05, 0.1) is 6.10 Å². The standard InChI is InChI=1S/C16H33N3O2.HI/c1-3-5-12-20-13-7-10-18-16(17-4-2)19-11-9-15-8-6-14-21-15;/h15H,3-14H2,1-2H3,(H2,17,18,19);1H. The van der Waals surface area contributed by atoms with Crippen LogP contribution in [-0.4, -0.2) is 51.5 Å². The van der Waals surface area contributed by atoms with Crippen LogP contribution in [0, 0.1) is 0 Å². The highest BCUT2D eigenvalue weighted by Gasteiger charge is 2.14. The highest BCUT2D eigenvalue weighted by atomic mass is 127. The van der Waals surface area contributed by atoms with E-state index >= 15 is 0 Å². The number of guanidine groups is 1. The molecule has 1 heterocycles. The Morgan fingerprint density at radius 3 is 2.73 bits per heavy atom. The summed E-state index contributed by atoms with van der Waals surface area (Å²) in [5.74, 6) is 0.907. The average Bonchev–Trinajstić information content (AvgIpc) is 2.99. The molecule has 1 atom stereocenters. The maximum absolute atomic E-state index is 5.62. The molecule has 0 aromatic carbocycles. The number of ether oxygens (including phenoxy) is 2. The third kappa shape index (κ3) is 11.5. The predicted octanol–water partition coefficient (Wildman–Crippen LogP) is 2.94. The average molecular weight is 427 g/mol. The summed E-state index contributed by atoms with van der Waals surface area (Å²) < 4.78 is 11.2. The highest BCUT2D eigenvalue weighted by molar-refractivity contribution is 14.0. The highest BCUT2D eigenvalue weighted by Crippen LogP contribution is 2.14. The Kier molecular flexibility index (Phi) is 15.7. The van der Waals surface area contributed by atoms with Gasteiger partial charge in [-0.25, -0.2) is 0 Å². The van der Waals surface area contributed by atoms with E-state index in [4.69, 9.17) is 9.47 Å². The molecule has 0 amide bonds. The lowest BCUT2D eigenvalue weighted by molar-refractivity contribution is 0.105. The van der Waals surface area contributed by atoms with Gasteiger partial charge in [-0.3, -0.25) is 4.99 Å². The van der Waals surface area contributed by atoms with Crippen molar-refractivity contribution >= 4 is 29.9 Å². The van der Waals surface area contributed by atoms with Gasteiger partial charge in [0.2, 0.25) is 0 Å². The van der Waals surface area contributed by atoms with Gasteiger partial charge in [-0.1, -0.05) is 13.3 Å². The van der Waals surface area contributed by atoms with Crippen LogP contribution in [0.2, 0.25) is 0 Å². The first-order chi connectivity index (χ1) is 10.4. The zero-order chi connectivity index (χ0) is 15.2. The van der Waals surface area contributed by atoms with Crippen molar-refractivity contribution in [3.05, 3.63) is 0 Å². The van der Waals surface area contributed by atoms with E-state index in [9.17, 15) is 0 Å². The number of nitrogens with zero attached hydrogens (tertiary/aromatic N) is 1. The first kappa shape index (κ1) is 21.9. The number of hydrogen-bond acceptors (Lipinski definition) is 3. The number of nitrogens with one attached hydrogen (secondary N) is 2. The maximum atomic E-state index is 5.62. The van der Waals surface area contributed by atoms with Crippen molar-refractivity contribution in [3.63, 3.8) is 0 Å². The Bertz CT molecular complexity index is 272. The molecule has 1 fully saturated rings. The molecular formula is C16H34IN3O2. The van der Waals surface area contributed by atoms with Crippen molar-refractivity contribution < 1.29 is 9.47 Å². The van der Waals surface area contributed by atoms with E-state index in [2.05, 4.69) is 29.5 Å². The zero-order valence-electron chi connectivity index (χ0n) is 14.2. The molecule has 0 aliphatic carbocycles. The fourth-order valence-electron chi connectivity index (χ4n) is 2.27. The Balaban J connectivity index is 0.00000441. The third-order valence-corrected chi connectivity index (χ3v) is 3.49. The summed E-state index contributed by atoms with van der Waals surface area (Å²) in [6.07, 6.45) is 7.22. The predicted molar refractivity (Wildman–Crippen MR) is 103 cm³/mol.